The van der Waals surface area contributed by atoms with Crippen LogP contribution >= 0.6 is 0 Å². The molecule has 3 heteroatoms. The summed E-state index contributed by atoms with van der Waals surface area (Å²) < 4.78 is 0. The van der Waals surface area contributed by atoms with Crippen LogP contribution in [0.5, 0.6) is 0 Å². The predicted molar refractivity (Wildman–Crippen MR) is 67.3 cm³/mol. The Morgan fingerprint density at radius 1 is 1.25 bits per heavy atom. The van der Waals surface area contributed by atoms with E-state index in [2.05, 4.69) is 11.4 Å². The van der Waals surface area contributed by atoms with Crippen molar-refractivity contribution in [3.63, 3.8) is 0 Å². The molecule has 0 bridgehead atoms. The molecule has 2 aliphatic rings. The Morgan fingerprint density at radius 2 is 1.94 bits per heavy atom. The van der Waals surface area contributed by atoms with E-state index in [1.807, 2.05) is 18.7 Å². The van der Waals surface area contributed by atoms with Gasteiger partial charge in [-0.3, -0.25) is 4.79 Å². The lowest BCUT2D eigenvalue weighted by Gasteiger charge is -2.18. The molecule has 1 amide bonds. The lowest BCUT2D eigenvalue weighted by molar-refractivity contribution is -0.127. The third-order valence-corrected chi connectivity index (χ3v) is 3.02. The zero-order chi connectivity index (χ0) is 11.8. The highest BCUT2D eigenvalue weighted by atomic mass is 16.2. The van der Waals surface area contributed by atoms with Crippen LogP contribution < -0.4 is 5.32 Å². The number of likely N-dealkylation sites (tertiary alicyclic amines) is 1. The highest BCUT2D eigenvalue weighted by Gasteiger charge is 2.18. The van der Waals surface area contributed by atoms with E-state index in [1.165, 1.54) is 5.57 Å². The second kappa shape index (κ2) is 7.44. The SMILES string of the molecule is CC.O=C1CCCN1CC=C1CCNCC1. The Morgan fingerprint density at radius 3 is 2.50 bits per heavy atom. The van der Waals surface area contributed by atoms with Crippen LogP contribution in [-0.4, -0.2) is 37.0 Å². The molecule has 0 aromatic heterocycles. The summed E-state index contributed by atoms with van der Waals surface area (Å²) in [5.74, 6) is 0.329. The molecule has 0 aromatic rings. The van der Waals surface area contributed by atoms with Gasteiger partial charge in [0.05, 0.1) is 0 Å². The summed E-state index contributed by atoms with van der Waals surface area (Å²) in [6.45, 7) is 7.99. The van der Waals surface area contributed by atoms with E-state index in [4.69, 9.17) is 0 Å². The molecule has 1 N–H and O–H groups in total. The molecule has 0 aromatic carbocycles. The van der Waals surface area contributed by atoms with Crippen LogP contribution in [0.2, 0.25) is 0 Å². The van der Waals surface area contributed by atoms with Gasteiger partial charge in [0.25, 0.3) is 0 Å². The molecular formula is C13H24N2O. The number of hydrogen-bond acceptors (Lipinski definition) is 2. The first-order chi connectivity index (χ1) is 7.86. The van der Waals surface area contributed by atoms with Gasteiger partial charge in [-0.05, 0) is 32.4 Å². The molecule has 2 heterocycles. The number of rotatable bonds is 2. The first kappa shape index (κ1) is 13.2. The van der Waals surface area contributed by atoms with Gasteiger partial charge in [-0.2, -0.15) is 0 Å². The van der Waals surface area contributed by atoms with Crippen LogP contribution in [0, 0.1) is 0 Å². The molecule has 0 aliphatic carbocycles. The van der Waals surface area contributed by atoms with E-state index >= 15 is 0 Å². The highest BCUT2D eigenvalue weighted by molar-refractivity contribution is 5.78. The molecule has 2 fully saturated rings. The molecule has 3 nitrogen and oxygen atoms in total. The number of nitrogens with zero attached hydrogens (tertiary/aromatic N) is 1. The minimum absolute atomic E-state index is 0.329. The van der Waals surface area contributed by atoms with Crippen LogP contribution in [-0.2, 0) is 4.79 Å². The first-order valence-electron chi connectivity index (χ1n) is 6.52. The maximum Gasteiger partial charge on any atom is 0.222 e. The Bertz CT molecular complexity index is 240. The normalized spacial score (nSPS) is 20.5. The largest absolute Gasteiger partial charge is 0.339 e. The van der Waals surface area contributed by atoms with Gasteiger partial charge >= 0.3 is 0 Å². The molecule has 0 saturated carbocycles. The number of nitrogens with one attached hydrogen (secondary N) is 1. The summed E-state index contributed by atoms with van der Waals surface area (Å²) in [4.78, 5) is 13.3. The molecule has 16 heavy (non-hydrogen) atoms. The van der Waals surface area contributed by atoms with Gasteiger partial charge in [-0.1, -0.05) is 25.5 Å². The van der Waals surface area contributed by atoms with Gasteiger partial charge in [-0.15, -0.1) is 0 Å². The molecule has 0 atom stereocenters. The van der Waals surface area contributed by atoms with E-state index in [9.17, 15) is 4.79 Å². The summed E-state index contributed by atoms with van der Waals surface area (Å²) in [5, 5.41) is 3.33. The molecule has 2 saturated heterocycles. The van der Waals surface area contributed by atoms with Crippen molar-refractivity contribution in [2.75, 3.05) is 26.2 Å². The lowest BCUT2D eigenvalue weighted by Crippen LogP contribution is -2.26. The molecule has 0 radical (unpaired) electrons. The number of carbonyl (C=O) groups is 1. The topological polar surface area (TPSA) is 32.3 Å². The zero-order valence-electron chi connectivity index (χ0n) is 10.6. The smallest absolute Gasteiger partial charge is 0.222 e. The van der Waals surface area contributed by atoms with Gasteiger partial charge in [0, 0.05) is 19.5 Å². The quantitative estimate of drug-likeness (QED) is 0.727. The minimum atomic E-state index is 0.329. The fourth-order valence-electron chi connectivity index (χ4n) is 2.09. The van der Waals surface area contributed by atoms with Gasteiger partial charge in [-0.25, -0.2) is 0 Å². The molecule has 0 unspecified atom stereocenters. The summed E-state index contributed by atoms with van der Waals surface area (Å²) in [5.41, 5.74) is 1.52. The summed E-state index contributed by atoms with van der Waals surface area (Å²) in [6, 6.07) is 0. The van der Waals surface area contributed by atoms with Crippen LogP contribution in [0.4, 0.5) is 0 Å². The average molecular weight is 224 g/mol. The van der Waals surface area contributed by atoms with Gasteiger partial charge < -0.3 is 10.2 Å². The van der Waals surface area contributed by atoms with E-state index in [0.717, 1.165) is 51.9 Å². The maximum atomic E-state index is 11.3. The van der Waals surface area contributed by atoms with Gasteiger partial charge in [0.15, 0.2) is 0 Å². The predicted octanol–water partition coefficient (Wildman–Crippen LogP) is 1.94. The monoisotopic (exact) mass is 224 g/mol. The summed E-state index contributed by atoms with van der Waals surface area (Å²) in [7, 11) is 0. The van der Waals surface area contributed by atoms with Crippen molar-refractivity contribution in [2.24, 2.45) is 0 Å². The third kappa shape index (κ3) is 3.97. The van der Waals surface area contributed by atoms with Crippen molar-refractivity contribution in [2.45, 2.75) is 39.5 Å². The molecule has 2 rings (SSSR count). The summed E-state index contributed by atoms with van der Waals surface area (Å²) >= 11 is 0. The van der Waals surface area contributed by atoms with E-state index in [1.54, 1.807) is 0 Å². The molecule has 2 aliphatic heterocycles. The second-order valence-electron chi connectivity index (χ2n) is 4.06. The van der Waals surface area contributed by atoms with Crippen LogP contribution in [0.1, 0.15) is 39.5 Å². The van der Waals surface area contributed by atoms with Crippen molar-refractivity contribution < 1.29 is 4.79 Å². The van der Waals surface area contributed by atoms with Crippen LogP contribution in [0.3, 0.4) is 0 Å². The summed E-state index contributed by atoms with van der Waals surface area (Å²) in [6.07, 6.45) is 6.36. The van der Waals surface area contributed by atoms with Gasteiger partial charge in [0.2, 0.25) is 5.91 Å². The molecule has 0 spiro atoms. The van der Waals surface area contributed by atoms with Crippen molar-refractivity contribution in [3.8, 4) is 0 Å². The fraction of sp³-hybridized carbons (Fsp3) is 0.769. The zero-order valence-corrected chi connectivity index (χ0v) is 10.6. The Balaban J connectivity index is 0.000000606. The highest BCUT2D eigenvalue weighted by Crippen LogP contribution is 2.13. The number of hydrogen-bond donors (Lipinski definition) is 1. The Hall–Kier alpha value is -0.830. The van der Waals surface area contributed by atoms with E-state index in [-0.39, 0.29) is 0 Å². The maximum absolute atomic E-state index is 11.3. The van der Waals surface area contributed by atoms with Crippen molar-refractivity contribution in [1.29, 1.82) is 0 Å². The van der Waals surface area contributed by atoms with Crippen LogP contribution in [0.25, 0.3) is 0 Å². The molecule has 92 valence electrons. The average Bonchev–Trinajstić information content (AvgIpc) is 2.76. The third-order valence-electron chi connectivity index (χ3n) is 3.02. The Labute approximate surface area is 98.9 Å². The minimum Gasteiger partial charge on any atom is -0.339 e. The second-order valence-corrected chi connectivity index (χ2v) is 4.06. The van der Waals surface area contributed by atoms with E-state index < -0.39 is 0 Å². The lowest BCUT2D eigenvalue weighted by atomic mass is 10.1. The Kier molecular flexibility index (Phi) is 6.16. The number of piperidine rings is 1. The standard InChI is InChI=1S/C11H18N2O.C2H6/c14-11-2-1-8-13(11)9-5-10-3-6-12-7-4-10;1-2/h5,12H,1-4,6-9H2;1-2H3. The first-order valence-corrected chi connectivity index (χ1v) is 6.52. The van der Waals surface area contributed by atoms with E-state index in [0.29, 0.717) is 5.91 Å². The number of carbonyl (C=O) groups excluding carboxylic acids is 1. The fourth-order valence-corrected chi connectivity index (χ4v) is 2.09. The number of amides is 1. The van der Waals surface area contributed by atoms with Crippen molar-refractivity contribution >= 4 is 5.91 Å². The van der Waals surface area contributed by atoms with Gasteiger partial charge in [0.1, 0.15) is 0 Å². The van der Waals surface area contributed by atoms with Crippen molar-refractivity contribution in [3.05, 3.63) is 11.6 Å². The van der Waals surface area contributed by atoms with Crippen LogP contribution in [0.15, 0.2) is 11.6 Å². The molecular weight excluding hydrogens is 200 g/mol. The van der Waals surface area contributed by atoms with Crippen molar-refractivity contribution in [1.82, 2.24) is 10.2 Å².